The third kappa shape index (κ3) is 5.10. The van der Waals surface area contributed by atoms with Crippen molar-refractivity contribution in [3.8, 4) is 0 Å². The molecule has 0 radical (unpaired) electrons. The normalized spacial score (nSPS) is 10.3. The molecule has 0 aliphatic heterocycles. The van der Waals surface area contributed by atoms with Crippen LogP contribution in [0.5, 0.6) is 0 Å². The standard InChI is InChI=1S/C11H13F2NO/c12-10(13)7-4-8-11(15)14-9-5-2-1-3-6-9/h1-3,5-6,10H,4,7-8H2,(H,14,15). The number of hydrogen-bond acceptors (Lipinski definition) is 1. The molecule has 0 saturated heterocycles. The average Bonchev–Trinajstić information content (AvgIpc) is 2.18. The number of carbonyl (C=O) groups excluding carboxylic acids is 1. The van der Waals surface area contributed by atoms with E-state index in [2.05, 4.69) is 5.32 Å². The fourth-order valence-corrected chi connectivity index (χ4v) is 1.16. The molecule has 1 N–H and O–H groups in total. The predicted molar refractivity (Wildman–Crippen MR) is 54.9 cm³/mol. The molecule has 1 aromatic carbocycles. The minimum absolute atomic E-state index is 0.138. The molecule has 4 heteroatoms. The van der Waals surface area contributed by atoms with Crippen LogP contribution < -0.4 is 5.32 Å². The van der Waals surface area contributed by atoms with Crippen LogP contribution in [0.25, 0.3) is 0 Å². The van der Waals surface area contributed by atoms with Crippen LogP contribution in [-0.2, 0) is 4.79 Å². The quantitative estimate of drug-likeness (QED) is 0.800. The molecule has 1 amide bonds. The van der Waals surface area contributed by atoms with E-state index in [1.54, 1.807) is 24.3 Å². The molecule has 0 bridgehead atoms. The van der Waals surface area contributed by atoms with E-state index in [0.717, 1.165) is 0 Å². The van der Waals surface area contributed by atoms with E-state index in [4.69, 9.17) is 0 Å². The van der Waals surface area contributed by atoms with Crippen molar-refractivity contribution in [3.05, 3.63) is 30.3 Å². The van der Waals surface area contributed by atoms with Crippen LogP contribution in [0.1, 0.15) is 19.3 Å². The summed E-state index contributed by atoms with van der Waals surface area (Å²) < 4.78 is 23.6. The SMILES string of the molecule is O=C(CCCC(F)F)Nc1ccccc1. The van der Waals surface area contributed by atoms with E-state index in [-0.39, 0.29) is 25.2 Å². The molecule has 0 saturated carbocycles. The Balaban J connectivity index is 2.25. The smallest absolute Gasteiger partial charge is 0.238 e. The molecule has 0 heterocycles. The highest BCUT2D eigenvalue weighted by Crippen LogP contribution is 2.09. The predicted octanol–water partition coefficient (Wildman–Crippen LogP) is 3.06. The molecule has 0 fully saturated rings. The third-order valence-corrected chi connectivity index (χ3v) is 1.88. The van der Waals surface area contributed by atoms with Crippen molar-refractivity contribution in [3.63, 3.8) is 0 Å². The highest BCUT2D eigenvalue weighted by molar-refractivity contribution is 5.90. The van der Waals surface area contributed by atoms with Gasteiger partial charge in [-0.05, 0) is 18.6 Å². The van der Waals surface area contributed by atoms with Gasteiger partial charge in [-0.3, -0.25) is 4.79 Å². The van der Waals surface area contributed by atoms with Gasteiger partial charge in [-0.1, -0.05) is 18.2 Å². The summed E-state index contributed by atoms with van der Waals surface area (Å²) in [5, 5.41) is 2.63. The number of halogens is 2. The lowest BCUT2D eigenvalue weighted by molar-refractivity contribution is -0.116. The van der Waals surface area contributed by atoms with Gasteiger partial charge in [0.15, 0.2) is 0 Å². The molecule has 0 aromatic heterocycles. The van der Waals surface area contributed by atoms with Gasteiger partial charge in [0.2, 0.25) is 12.3 Å². The monoisotopic (exact) mass is 213 g/mol. The van der Waals surface area contributed by atoms with Gasteiger partial charge in [0.05, 0.1) is 0 Å². The summed E-state index contributed by atoms with van der Waals surface area (Å²) in [4.78, 5) is 11.2. The second kappa shape index (κ2) is 6.11. The summed E-state index contributed by atoms with van der Waals surface area (Å²) in [6.45, 7) is 0. The van der Waals surface area contributed by atoms with E-state index in [0.29, 0.717) is 5.69 Å². The second-order valence-electron chi connectivity index (χ2n) is 3.20. The fourth-order valence-electron chi connectivity index (χ4n) is 1.16. The number of hydrogen-bond donors (Lipinski definition) is 1. The molecule has 2 nitrogen and oxygen atoms in total. The summed E-state index contributed by atoms with van der Waals surface area (Å²) >= 11 is 0. The topological polar surface area (TPSA) is 29.1 Å². The molecule has 0 spiro atoms. The fraction of sp³-hybridized carbons (Fsp3) is 0.364. The van der Waals surface area contributed by atoms with Crippen molar-refractivity contribution in [1.82, 2.24) is 0 Å². The first-order valence-corrected chi connectivity index (χ1v) is 4.81. The second-order valence-corrected chi connectivity index (χ2v) is 3.20. The van der Waals surface area contributed by atoms with E-state index in [1.165, 1.54) is 0 Å². The number of anilines is 1. The van der Waals surface area contributed by atoms with E-state index in [9.17, 15) is 13.6 Å². The highest BCUT2D eigenvalue weighted by atomic mass is 19.3. The maximum Gasteiger partial charge on any atom is 0.238 e. The molecular formula is C11H13F2NO. The van der Waals surface area contributed by atoms with Crippen LogP contribution >= 0.6 is 0 Å². The lowest BCUT2D eigenvalue weighted by Crippen LogP contribution is -2.11. The molecule has 0 aliphatic rings. The first-order chi connectivity index (χ1) is 7.18. The Morgan fingerprint density at radius 2 is 1.93 bits per heavy atom. The number of nitrogens with one attached hydrogen (secondary N) is 1. The van der Waals surface area contributed by atoms with Crippen molar-refractivity contribution in [2.24, 2.45) is 0 Å². The number of benzene rings is 1. The van der Waals surface area contributed by atoms with Crippen LogP contribution in [0, 0.1) is 0 Å². The zero-order chi connectivity index (χ0) is 11.1. The Kier molecular flexibility index (Phi) is 4.74. The Morgan fingerprint density at radius 3 is 2.53 bits per heavy atom. The first kappa shape index (κ1) is 11.6. The van der Waals surface area contributed by atoms with Gasteiger partial charge in [0.1, 0.15) is 0 Å². The molecule has 1 rings (SSSR count). The van der Waals surface area contributed by atoms with E-state index < -0.39 is 6.43 Å². The van der Waals surface area contributed by atoms with E-state index in [1.807, 2.05) is 6.07 Å². The van der Waals surface area contributed by atoms with Gasteiger partial charge in [-0.25, -0.2) is 8.78 Å². The average molecular weight is 213 g/mol. The Bertz CT molecular complexity index is 301. The van der Waals surface area contributed by atoms with Crippen molar-refractivity contribution in [2.75, 3.05) is 5.32 Å². The van der Waals surface area contributed by atoms with Gasteiger partial charge < -0.3 is 5.32 Å². The largest absolute Gasteiger partial charge is 0.326 e. The first-order valence-electron chi connectivity index (χ1n) is 4.81. The summed E-state index contributed by atoms with van der Waals surface area (Å²) in [5.41, 5.74) is 0.694. The van der Waals surface area contributed by atoms with Crippen molar-refractivity contribution < 1.29 is 13.6 Å². The minimum atomic E-state index is -2.32. The Labute approximate surface area is 87.3 Å². The zero-order valence-corrected chi connectivity index (χ0v) is 8.25. The molecule has 0 atom stereocenters. The van der Waals surface area contributed by atoms with Crippen LogP contribution in [-0.4, -0.2) is 12.3 Å². The molecule has 0 unspecified atom stereocenters. The molecule has 0 aliphatic carbocycles. The van der Waals surface area contributed by atoms with Gasteiger partial charge >= 0.3 is 0 Å². The van der Waals surface area contributed by atoms with Crippen molar-refractivity contribution in [1.29, 1.82) is 0 Å². The van der Waals surface area contributed by atoms with Gasteiger partial charge in [0, 0.05) is 18.5 Å². The lowest BCUT2D eigenvalue weighted by atomic mass is 10.2. The third-order valence-electron chi connectivity index (χ3n) is 1.88. The van der Waals surface area contributed by atoms with Crippen molar-refractivity contribution >= 4 is 11.6 Å². The molecule has 1 aromatic rings. The Morgan fingerprint density at radius 1 is 1.27 bits per heavy atom. The maximum absolute atomic E-state index is 11.8. The number of alkyl halides is 2. The molecular weight excluding hydrogens is 200 g/mol. The van der Waals surface area contributed by atoms with E-state index >= 15 is 0 Å². The zero-order valence-electron chi connectivity index (χ0n) is 8.25. The van der Waals surface area contributed by atoms with Crippen LogP contribution in [0.4, 0.5) is 14.5 Å². The van der Waals surface area contributed by atoms with Gasteiger partial charge in [0.25, 0.3) is 0 Å². The number of para-hydroxylation sites is 1. The summed E-state index contributed by atoms with van der Waals surface area (Å²) in [7, 11) is 0. The number of rotatable bonds is 5. The minimum Gasteiger partial charge on any atom is -0.326 e. The van der Waals surface area contributed by atoms with Crippen LogP contribution in [0.2, 0.25) is 0 Å². The van der Waals surface area contributed by atoms with Gasteiger partial charge in [-0.15, -0.1) is 0 Å². The summed E-state index contributed by atoms with van der Waals surface area (Å²) in [6.07, 6.45) is -2.19. The lowest BCUT2D eigenvalue weighted by Gasteiger charge is -2.04. The maximum atomic E-state index is 11.8. The number of carbonyl (C=O) groups is 1. The summed E-state index contributed by atoms with van der Waals surface area (Å²) in [6, 6.07) is 8.95. The van der Waals surface area contributed by atoms with Crippen LogP contribution in [0.15, 0.2) is 30.3 Å². The highest BCUT2D eigenvalue weighted by Gasteiger charge is 2.05. The molecule has 82 valence electrons. The summed E-state index contributed by atoms with van der Waals surface area (Å²) in [5.74, 6) is -0.221. The Hall–Kier alpha value is -1.45. The van der Waals surface area contributed by atoms with Crippen molar-refractivity contribution in [2.45, 2.75) is 25.7 Å². The number of amides is 1. The molecule has 15 heavy (non-hydrogen) atoms. The van der Waals surface area contributed by atoms with Crippen LogP contribution in [0.3, 0.4) is 0 Å². The van der Waals surface area contributed by atoms with Gasteiger partial charge in [-0.2, -0.15) is 0 Å².